The Balaban J connectivity index is 4.74. The van der Waals surface area contributed by atoms with E-state index in [0.29, 0.717) is 0 Å². The van der Waals surface area contributed by atoms with E-state index in [-0.39, 0.29) is 0 Å². The van der Waals surface area contributed by atoms with Crippen LogP contribution in [0, 0.1) is 0 Å². The van der Waals surface area contributed by atoms with Crippen molar-refractivity contribution in [2.45, 2.75) is 31.9 Å². The molecule has 0 radical (unpaired) electrons. The van der Waals surface area contributed by atoms with Gasteiger partial charge in [-0.1, -0.05) is 28.6 Å². The Labute approximate surface area is 70.2 Å². The summed E-state index contributed by atoms with van der Waals surface area (Å²) in [5, 5.41) is -4.09. The van der Waals surface area contributed by atoms with Gasteiger partial charge in [0.2, 0.25) is 0 Å². The largest absolute Gasteiger partial charge is 0.316 e. The first kappa shape index (κ1) is 11.5. The maximum Gasteiger partial charge on any atom is 0.316 e. The molecule has 1 unspecified atom stereocenters. The summed E-state index contributed by atoms with van der Waals surface area (Å²) < 4.78 is 36.9. The average molecular weight is 199 g/mol. The van der Waals surface area contributed by atoms with Gasteiger partial charge in [-0.3, -0.25) is 4.79 Å². The van der Waals surface area contributed by atoms with E-state index < -0.39 is 24.6 Å². The standard InChI is InChI=1S/C6H12F3NOSi/c1-6(7,12(2,3)4)5(11)10(8)9/h1-4H3. The Kier molecular flexibility index (Phi) is 2.95. The summed E-state index contributed by atoms with van der Waals surface area (Å²) in [6, 6.07) is 0. The van der Waals surface area contributed by atoms with Gasteiger partial charge in [-0.2, -0.15) is 0 Å². The smallest absolute Gasteiger partial charge is 0.266 e. The van der Waals surface area contributed by atoms with Crippen LogP contribution in [-0.4, -0.2) is 24.6 Å². The monoisotopic (exact) mass is 199 g/mol. The maximum absolute atomic E-state index is 13.4. The van der Waals surface area contributed by atoms with E-state index in [1.165, 1.54) is 19.6 Å². The predicted molar refractivity (Wildman–Crippen MR) is 41.9 cm³/mol. The zero-order valence-corrected chi connectivity index (χ0v) is 8.49. The summed E-state index contributed by atoms with van der Waals surface area (Å²) in [6.45, 7) is 5.48. The second-order valence-corrected chi connectivity index (χ2v) is 9.23. The molecule has 0 spiro atoms. The highest BCUT2D eigenvalue weighted by Crippen LogP contribution is 2.27. The van der Waals surface area contributed by atoms with Gasteiger partial charge in [0.1, 0.15) is 8.07 Å². The first-order valence-corrected chi connectivity index (χ1v) is 6.95. The highest BCUT2D eigenvalue weighted by Gasteiger charge is 2.49. The molecule has 0 rings (SSSR count). The molecule has 0 N–H and O–H groups in total. The van der Waals surface area contributed by atoms with Crippen molar-refractivity contribution in [2.75, 3.05) is 0 Å². The maximum atomic E-state index is 13.4. The molecule has 1 amide bonds. The van der Waals surface area contributed by atoms with Crippen LogP contribution in [0.3, 0.4) is 0 Å². The lowest BCUT2D eigenvalue weighted by atomic mass is 10.4. The van der Waals surface area contributed by atoms with E-state index in [9.17, 15) is 18.1 Å². The van der Waals surface area contributed by atoms with Crippen LogP contribution in [0.25, 0.3) is 0 Å². The Morgan fingerprint density at radius 3 is 1.75 bits per heavy atom. The number of halogens is 3. The third-order valence-corrected chi connectivity index (χ3v) is 4.99. The van der Waals surface area contributed by atoms with Crippen molar-refractivity contribution in [3.63, 3.8) is 0 Å². The van der Waals surface area contributed by atoms with Crippen LogP contribution in [0.2, 0.25) is 19.6 Å². The third kappa shape index (κ3) is 1.99. The van der Waals surface area contributed by atoms with Gasteiger partial charge < -0.3 is 0 Å². The Bertz CT molecular complexity index is 188. The molecule has 6 heteroatoms. The molecule has 0 aromatic rings. The molecular formula is C6H12F3NOSi. The predicted octanol–water partition coefficient (Wildman–Crippen LogP) is 2.19. The van der Waals surface area contributed by atoms with Crippen LogP contribution in [0.5, 0.6) is 0 Å². The van der Waals surface area contributed by atoms with E-state index in [1.807, 2.05) is 0 Å². The Morgan fingerprint density at radius 2 is 1.67 bits per heavy atom. The van der Waals surface area contributed by atoms with E-state index in [0.717, 1.165) is 6.92 Å². The van der Waals surface area contributed by atoms with Crippen LogP contribution in [0.1, 0.15) is 6.92 Å². The number of hydrogen-bond donors (Lipinski definition) is 0. The van der Waals surface area contributed by atoms with Crippen LogP contribution < -0.4 is 0 Å². The van der Waals surface area contributed by atoms with Gasteiger partial charge in [-0.25, -0.2) is 4.39 Å². The van der Waals surface area contributed by atoms with Gasteiger partial charge in [-0.05, 0) is 12.3 Å². The van der Waals surface area contributed by atoms with Crippen molar-refractivity contribution < 1.29 is 18.1 Å². The summed E-state index contributed by atoms with van der Waals surface area (Å²) in [7, 11) is -2.55. The first-order chi connectivity index (χ1) is 5.10. The number of carbonyl (C=O) groups is 1. The molecule has 0 aromatic carbocycles. The SMILES string of the molecule is CC(F)(C(=O)N(F)F)[Si](C)(C)C. The summed E-state index contributed by atoms with van der Waals surface area (Å²) in [4.78, 5) is 10.6. The first-order valence-electron chi connectivity index (χ1n) is 3.45. The van der Waals surface area contributed by atoms with E-state index in [4.69, 9.17) is 0 Å². The summed E-state index contributed by atoms with van der Waals surface area (Å²) in [5.74, 6) is -1.75. The van der Waals surface area contributed by atoms with Crippen LogP contribution >= 0.6 is 0 Å². The molecule has 2 nitrogen and oxygen atoms in total. The molecular weight excluding hydrogens is 187 g/mol. The van der Waals surface area contributed by atoms with Gasteiger partial charge in [0, 0.05) is 0 Å². The minimum Gasteiger partial charge on any atom is -0.266 e. The fourth-order valence-electron chi connectivity index (χ4n) is 0.480. The van der Waals surface area contributed by atoms with Gasteiger partial charge in [-0.15, -0.1) is 0 Å². The van der Waals surface area contributed by atoms with E-state index in [1.54, 1.807) is 0 Å². The van der Waals surface area contributed by atoms with E-state index in [2.05, 4.69) is 0 Å². The van der Waals surface area contributed by atoms with Gasteiger partial charge in [0.15, 0.2) is 5.29 Å². The van der Waals surface area contributed by atoms with Crippen LogP contribution in [-0.2, 0) is 4.79 Å². The van der Waals surface area contributed by atoms with Crippen LogP contribution in [0.15, 0.2) is 0 Å². The molecule has 0 fully saturated rings. The van der Waals surface area contributed by atoms with Gasteiger partial charge in [0.25, 0.3) is 0 Å². The molecule has 0 aliphatic carbocycles. The second-order valence-electron chi connectivity index (χ2n) is 3.79. The second kappa shape index (κ2) is 3.08. The minimum atomic E-state index is -2.55. The summed E-state index contributed by atoms with van der Waals surface area (Å²) >= 11 is 0. The Hall–Kier alpha value is -0.523. The third-order valence-electron chi connectivity index (χ3n) is 1.96. The number of hydrogen-bond acceptors (Lipinski definition) is 1. The number of rotatable bonds is 2. The van der Waals surface area contributed by atoms with Crippen molar-refractivity contribution in [1.82, 2.24) is 5.34 Å². The van der Waals surface area contributed by atoms with E-state index >= 15 is 0 Å². The zero-order chi connectivity index (χ0) is 10.2. The highest BCUT2D eigenvalue weighted by atomic mass is 28.3. The van der Waals surface area contributed by atoms with Gasteiger partial charge in [0.05, 0.1) is 0 Å². The quantitative estimate of drug-likeness (QED) is 0.493. The number of nitrogens with zero attached hydrogens (tertiary/aromatic N) is 1. The lowest BCUT2D eigenvalue weighted by Crippen LogP contribution is -2.55. The molecule has 0 saturated heterocycles. The minimum absolute atomic E-state index is 0.910. The fourth-order valence-corrected chi connectivity index (χ4v) is 1.21. The highest BCUT2D eigenvalue weighted by molar-refractivity contribution is 6.82. The number of amides is 1. The number of alkyl halides is 1. The molecule has 12 heavy (non-hydrogen) atoms. The normalized spacial score (nSPS) is 16.9. The van der Waals surface area contributed by atoms with Crippen molar-refractivity contribution in [3.05, 3.63) is 0 Å². The van der Waals surface area contributed by atoms with Crippen molar-refractivity contribution >= 4 is 14.0 Å². The average Bonchev–Trinajstić information content (AvgIpc) is 1.83. The molecule has 0 heterocycles. The van der Waals surface area contributed by atoms with Crippen LogP contribution in [0.4, 0.5) is 13.4 Å². The zero-order valence-electron chi connectivity index (χ0n) is 7.49. The number of carbonyl (C=O) groups excluding carboxylic acids is 1. The fraction of sp³-hybridized carbons (Fsp3) is 0.833. The van der Waals surface area contributed by atoms with Crippen molar-refractivity contribution in [2.24, 2.45) is 0 Å². The summed E-state index contributed by atoms with van der Waals surface area (Å²) in [6.07, 6.45) is 0. The van der Waals surface area contributed by atoms with Gasteiger partial charge >= 0.3 is 5.91 Å². The lowest BCUT2D eigenvalue weighted by Gasteiger charge is -2.30. The Morgan fingerprint density at radius 1 is 1.33 bits per heavy atom. The molecule has 0 aliphatic rings. The molecule has 0 saturated carbocycles. The lowest BCUT2D eigenvalue weighted by molar-refractivity contribution is -0.195. The van der Waals surface area contributed by atoms with Crippen molar-refractivity contribution in [1.29, 1.82) is 0 Å². The topological polar surface area (TPSA) is 20.3 Å². The van der Waals surface area contributed by atoms with Crippen molar-refractivity contribution in [3.8, 4) is 0 Å². The molecule has 0 aliphatic heterocycles. The molecule has 0 bridgehead atoms. The molecule has 0 aromatic heterocycles. The summed E-state index contributed by atoms with van der Waals surface area (Å²) in [5.41, 5.74) is 0. The molecule has 1 atom stereocenters. The molecule has 72 valence electrons.